The summed E-state index contributed by atoms with van der Waals surface area (Å²) < 4.78 is 0. The highest BCUT2D eigenvalue weighted by Crippen LogP contribution is 2.43. The third-order valence-corrected chi connectivity index (χ3v) is 4.46. The van der Waals surface area contributed by atoms with E-state index in [4.69, 9.17) is 0 Å². The average molecular weight is 264 g/mol. The molecule has 3 rings (SSSR count). The standard InChI is InChI=1S/C19H20O/c20-18(17-11-5-2-6-12-17)19(13-7-8-14-19)15-16-9-3-1-4-10-16/h1-6,9-12H,7-8,13-15H2. The molecule has 0 bridgehead atoms. The molecule has 0 unspecified atom stereocenters. The lowest BCUT2D eigenvalue weighted by atomic mass is 9.74. The Labute approximate surface area is 120 Å². The van der Waals surface area contributed by atoms with Gasteiger partial charge in [-0.3, -0.25) is 4.79 Å². The minimum Gasteiger partial charge on any atom is -0.294 e. The molecule has 0 aromatic heterocycles. The lowest BCUT2D eigenvalue weighted by molar-refractivity contribution is 0.0797. The molecule has 0 N–H and O–H groups in total. The zero-order chi connectivity index (χ0) is 13.8. The van der Waals surface area contributed by atoms with Gasteiger partial charge in [-0.1, -0.05) is 73.5 Å². The van der Waals surface area contributed by atoms with Crippen molar-refractivity contribution in [2.45, 2.75) is 32.1 Å². The Morgan fingerprint density at radius 3 is 2.00 bits per heavy atom. The van der Waals surface area contributed by atoms with Crippen LogP contribution in [0.1, 0.15) is 41.6 Å². The number of carbonyl (C=O) groups is 1. The Bertz CT molecular complexity index is 565. The summed E-state index contributed by atoms with van der Waals surface area (Å²) in [5, 5.41) is 0. The number of hydrogen-bond donors (Lipinski definition) is 0. The molecule has 2 aromatic carbocycles. The van der Waals surface area contributed by atoms with E-state index in [9.17, 15) is 4.79 Å². The van der Waals surface area contributed by atoms with Crippen molar-refractivity contribution >= 4 is 5.78 Å². The monoisotopic (exact) mass is 264 g/mol. The molecular weight excluding hydrogens is 244 g/mol. The Balaban J connectivity index is 1.90. The molecule has 0 heterocycles. The van der Waals surface area contributed by atoms with Crippen LogP contribution in [-0.4, -0.2) is 5.78 Å². The van der Waals surface area contributed by atoms with E-state index >= 15 is 0 Å². The third-order valence-electron chi connectivity index (χ3n) is 4.46. The van der Waals surface area contributed by atoms with Crippen LogP contribution in [0.4, 0.5) is 0 Å². The molecule has 0 spiro atoms. The molecule has 0 saturated heterocycles. The summed E-state index contributed by atoms with van der Waals surface area (Å²) in [6.45, 7) is 0. The first-order valence-electron chi connectivity index (χ1n) is 7.44. The molecule has 0 amide bonds. The van der Waals surface area contributed by atoms with E-state index in [0.717, 1.165) is 24.8 Å². The molecule has 1 heteroatoms. The molecule has 1 nitrogen and oxygen atoms in total. The van der Waals surface area contributed by atoms with Gasteiger partial charge in [0.2, 0.25) is 0 Å². The molecule has 1 saturated carbocycles. The molecule has 1 fully saturated rings. The molecule has 1 aliphatic carbocycles. The zero-order valence-electron chi connectivity index (χ0n) is 11.7. The van der Waals surface area contributed by atoms with Crippen molar-refractivity contribution in [3.63, 3.8) is 0 Å². The van der Waals surface area contributed by atoms with Crippen molar-refractivity contribution in [3.05, 3.63) is 71.8 Å². The second kappa shape index (κ2) is 5.62. The summed E-state index contributed by atoms with van der Waals surface area (Å²) in [6, 6.07) is 20.2. The minimum absolute atomic E-state index is 0.178. The van der Waals surface area contributed by atoms with E-state index in [0.29, 0.717) is 5.78 Å². The molecule has 0 aliphatic heterocycles. The summed E-state index contributed by atoms with van der Waals surface area (Å²) in [6.07, 6.45) is 5.27. The Morgan fingerprint density at radius 1 is 0.850 bits per heavy atom. The smallest absolute Gasteiger partial charge is 0.169 e. The van der Waals surface area contributed by atoms with Gasteiger partial charge < -0.3 is 0 Å². The highest BCUT2D eigenvalue weighted by molar-refractivity contribution is 6.00. The topological polar surface area (TPSA) is 17.1 Å². The third kappa shape index (κ3) is 2.53. The largest absolute Gasteiger partial charge is 0.294 e. The Morgan fingerprint density at radius 2 is 1.40 bits per heavy atom. The minimum atomic E-state index is -0.178. The molecular formula is C19H20O. The van der Waals surface area contributed by atoms with Gasteiger partial charge >= 0.3 is 0 Å². The number of benzene rings is 2. The van der Waals surface area contributed by atoms with Crippen LogP contribution < -0.4 is 0 Å². The molecule has 20 heavy (non-hydrogen) atoms. The second-order valence-electron chi connectivity index (χ2n) is 5.84. The van der Waals surface area contributed by atoms with Gasteiger partial charge in [0.05, 0.1) is 0 Å². The fourth-order valence-electron chi connectivity index (χ4n) is 3.42. The van der Waals surface area contributed by atoms with Crippen LogP contribution in [0.2, 0.25) is 0 Å². The fourth-order valence-corrected chi connectivity index (χ4v) is 3.42. The number of carbonyl (C=O) groups excluding carboxylic acids is 1. The van der Waals surface area contributed by atoms with Crippen molar-refractivity contribution in [1.82, 2.24) is 0 Å². The number of ketones is 1. The fraction of sp³-hybridized carbons (Fsp3) is 0.316. The molecule has 0 atom stereocenters. The van der Waals surface area contributed by atoms with E-state index in [1.807, 2.05) is 36.4 Å². The zero-order valence-corrected chi connectivity index (χ0v) is 11.7. The maximum absolute atomic E-state index is 13.0. The molecule has 1 aliphatic rings. The lowest BCUT2D eigenvalue weighted by Crippen LogP contribution is -2.30. The van der Waals surface area contributed by atoms with Gasteiger partial charge in [-0.15, -0.1) is 0 Å². The molecule has 0 radical (unpaired) electrons. The maximum atomic E-state index is 13.0. The maximum Gasteiger partial charge on any atom is 0.169 e. The SMILES string of the molecule is O=C(c1ccccc1)C1(Cc2ccccc2)CCCC1. The Hall–Kier alpha value is -1.89. The van der Waals surface area contributed by atoms with Crippen molar-refractivity contribution < 1.29 is 4.79 Å². The van der Waals surface area contributed by atoms with Gasteiger partial charge in [0.15, 0.2) is 5.78 Å². The van der Waals surface area contributed by atoms with Crippen LogP contribution in [0.25, 0.3) is 0 Å². The van der Waals surface area contributed by atoms with Gasteiger partial charge in [-0.05, 0) is 24.8 Å². The van der Waals surface area contributed by atoms with Crippen LogP contribution >= 0.6 is 0 Å². The van der Waals surface area contributed by atoms with E-state index < -0.39 is 0 Å². The Kier molecular flexibility index (Phi) is 3.68. The molecule has 2 aromatic rings. The van der Waals surface area contributed by atoms with E-state index in [1.165, 1.54) is 18.4 Å². The van der Waals surface area contributed by atoms with Gasteiger partial charge in [0.1, 0.15) is 0 Å². The first-order chi connectivity index (χ1) is 9.80. The summed E-state index contributed by atoms with van der Waals surface area (Å²) in [5.41, 5.74) is 1.96. The predicted octanol–water partition coefficient (Wildman–Crippen LogP) is 4.67. The normalized spacial score (nSPS) is 17.0. The van der Waals surface area contributed by atoms with Crippen LogP contribution in [0.3, 0.4) is 0 Å². The van der Waals surface area contributed by atoms with Crippen LogP contribution in [0, 0.1) is 5.41 Å². The average Bonchev–Trinajstić information content (AvgIpc) is 2.98. The van der Waals surface area contributed by atoms with Crippen LogP contribution in [-0.2, 0) is 6.42 Å². The molecule has 102 valence electrons. The van der Waals surface area contributed by atoms with Gasteiger partial charge in [-0.2, -0.15) is 0 Å². The van der Waals surface area contributed by atoms with Crippen LogP contribution in [0.5, 0.6) is 0 Å². The second-order valence-corrected chi connectivity index (χ2v) is 5.84. The predicted molar refractivity (Wildman–Crippen MR) is 81.8 cm³/mol. The highest BCUT2D eigenvalue weighted by atomic mass is 16.1. The van der Waals surface area contributed by atoms with Gasteiger partial charge in [-0.25, -0.2) is 0 Å². The van der Waals surface area contributed by atoms with Crippen molar-refractivity contribution in [3.8, 4) is 0 Å². The number of Topliss-reactive ketones (excluding diaryl/α,β-unsaturated/α-hetero) is 1. The van der Waals surface area contributed by atoms with Crippen LogP contribution in [0.15, 0.2) is 60.7 Å². The summed E-state index contributed by atoms with van der Waals surface area (Å²) in [5.74, 6) is 0.333. The summed E-state index contributed by atoms with van der Waals surface area (Å²) in [4.78, 5) is 13.0. The van der Waals surface area contributed by atoms with Crippen molar-refractivity contribution in [2.75, 3.05) is 0 Å². The summed E-state index contributed by atoms with van der Waals surface area (Å²) in [7, 11) is 0. The van der Waals surface area contributed by atoms with Gasteiger partial charge in [0, 0.05) is 11.0 Å². The number of rotatable bonds is 4. The van der Waals surface area contributed by atoms with Crippen molar-refractivity contribution in [1.29, 1.82) is 0 Å². The highest BCUT2D eigenvalue weighted by Gasteiger charge is 2.41. The summed E-state index contributed by atoms with van der Waals surface area (Å²) >= 11 is 0. The van der Waals surface area contributed by atoms with E-state index in [2.05, 4.69) is 24.3 Å². The van der Waals surface area contributed by atoms with Crippen molar-refractivity contribution in [2.24, 2.45) is 5.41 Å². The number of hydrogen-bond acceptors (Lipinski definition) is 1. The van der Waals surface area contributed by atoms with E-state index in [1.54, 1.807) is 0 Å². The first-order valence-corrected chi connectivity index (χ1v) is 7.44. The van der Waals surface area contributed by atoms with Gasteiger partial charge in [0.25, 0.3) is 0 Å². The lowest BCUT2D eigenvalue weighted by Gasteiger charge is -2.27. The van der Waals surface area contributed by atoms with E-state index in [-0.39, 0.29) is 5.41 Å². The quantitative estimate of drug-likeness (QED) is 0.733. The first kappa shape index (κ1) is 13.1.